The minimum atomic E-state index is -1.93. The smallest absolute Gasteiger partial charge is 0.338 e. The molecule has 2 heterocycles. The number of hydrogen-bond acceptors (Lipinski definition) is 5. The molecular weight excluding hydrogens is 486 g/mol. The van der Waals surface area contributed by atoms with Crippen LogP contribution in [0.5, 0.6) is 0 Å². The Kier molecular flexibility index (Phi) is 7.51. The number of nitrogens with zero attached hydrogens (tertiary/aromatic N) is 3. The van der Waals surface area contributed by atoms with Crippen molar-refractivity contribution in [2.24, 2.45) is 5.92 Å². The van der Waals surface area contributed by atoms with Gasteiger partial charge in [0.25, 0.3) is 0 Å². The van der Waals surface area contributed by atoms with Crippen molar-refractivity contribution in [1.82, 2.24) is 14.4 Å². The first kappa shape index (κ1) is 26.7. The Labute approximate surface area is 223 Å². The molecule has 206 valence electrons. The Bertz CT molecular complexity index is 1200. The van der Waals surface area contributed by atoms with E-state index in [1.165, 1.54) is 22.0 Å². The van der Waals surface area contributed by atoms with Gasteiger partial charge in [0, 0.05) is 48.2 Å². The number of fused-ring (bicyclic) bond motifs is 2. The number of rotatable bonds is 8. The number of piperidine rings is 1. The summed E-state index contributed by atoms with van der Waals surface area (Å²) in [6, 6.07) is 4.19. The molecule has 1 aromatic carbocycles. The van der Waals surface area contributed by atoms with Crippen molar-refractivity contribution in [2.75, 3.05) is 13.6 Å². The van der Waals surface area contributed by atoms with E-state index in [1.54, 1.807) is 0 Å². The van der Waals surface area contributed by atoms with Crippen LogP contribution < -0.4 is 0 Å². The van der Waals surface area contributed by atoms with Crippen molar-refractivity contribution < 1.29 is 29.7 Å². The SMILES string of the molecule is CCCCn1cc2c3c(cccc31)C1C[C@@H](C(=O)N(C3CCC(O)CC3)C(C(=O)O)C(=O)O)CN(C)[C@@H]1C2. The Balaban J connectivity index is 1.47. The Morgan fingerprint density at radius 3 is 2.47 bits per heavy atom. The number of likely N-dealkylation sites (tertiary alicyclic amines) is 1. The number of amides is 1. The minimum Gasteiger partial charge on any atom is -0.479 e. The van der Waals surface area contributed by atoms with E-state index in [1.807, 2.05) is 7.05 Å². The zero-order valence-corrected chi connectivity index (χ0v) is 22.3. The third kappa shape index (κ3) is 4.71. The molecule has 3 aliphatic rings. The average Bonchev–Trinajstić information content (AvgIpc) is 3.24. The number of aliphatic hydroxyl groups is 1. The van der Waals surface area contributed by atoms with Crippen molar-refractivity contribution in [1.29, 1.82) is 0 Å². The highest BCUT2D eigenvalue weighted by atomic mass is 16.4. The van der Waals surface area contributed by atoms with Crippen molar-refractivity contribution in [3.8, 4) is 0 Å². The second-order valence-corrected chi connectivity index (χ2v) is 11.5. The van der Waals surface area contributed by atoms with Crippen LogP contribution in [0.2, 0.25) is 0 Å². The first-order valence-corrected chi connectivity index (χ1v) is 14.0. The number of unbranched alkanes of at least 4 members (excludes halogenated alkanes) is 1. The summed E-state index contributed by atoms with van der Waals surface area (Å²) >= 11 is 0. The summed E-state index contributed by atoms with van der Waals surface area (Å²) in [7, 11) is 2.02. The van der Waals surface area contributed by atoms with E-state index in [0.717, 1.165) is 30.7 Å². The number of carboxylic acids is 2. The van der Waals surface area contributed by atoms with Crippen LogP contribution in [0.25, 0.3) is 10.9 Å². The number of hydrogen-bond donors (Lipinski definition) is 3. The molecule has 2 aromatic rings. The highest BCUT2D eigenvalue weighted by molar-refractivity contribution is 6.01. The van der Waals surface area contributed by atoms with E-state index >= 15 is 0 Å². The van der Waals surface area contributed by atoms with Gasteiger partial charge in [0.05, 0.1) is 12.0 Å². The summed E-state index contributed by atoms with van der Waals surface area (Å²) in [5, 5.41) is 30.9. The topological polar surface area (TPSA) is 123 Å². The monoisotopic (exact) mass is 525 g/mol. The summed E-state index contributed by atoms with van der Waals surface area (Å²) in [6.45, 7) is 3.62. The van der Waals surface area contributed by atoms with Crippen molar-refractivity contribution in [3.05, 3.63) is 35.5 Å². The molecule has 0 radical (unpaired) electrons. The van der Waals surface area contributed by atoms with E-state index in [2.05, 4.69) is 40.8 Å². The molecule has 2 fully saturated rings. The number of benzene rings is 1. The number of aryl methyl sites for hydroxylation is 1. The number of likely N-dealkylation sites (N-methyl/N-ethyl adjacent to an activating group) is 1. The lowest BCUT2D eigenvalue weighted by atomic mass is 9.72. The van der Waals surface area contributed by atoms with Gasteiger partial charge < -0.3 is 29.7 Å². The second-order valence-electron chi connectivity index (χ2n) is 11.5. The van der Waals surface area contributed by atoms with Gasteiger partial charge in [-0.1, -0.05) is 25.5 Å². The number of carboxylic acid groups (broad SMARTS) is 2. The van der Waals surface area contributed by atoms with Crippen LogP contribution in [0.1, 0.15) is 68.9 Å². The fourth-order valence-corrected chi connectivity index (χ4v) is 7.22. The molecule has 0 spiro atoms. The van der Waals surface area contributed by atoms with Crippen LogP contribution in [0.4, 0.5) is 0 Å². The molecule has 0 bridgehead atoms. The third-order valence-electron chi connectivity index (χ3n) is 9.08. The lowest BCUT2D eigenvalue weighted by Crippen LogP contribution is -2.59. The van der Waals surface area contributed by atoms with E-state index in [4.69, 9.17) is 0 Å². The van der Waals surface area contributed by atoms with Crippen LogP contribution in [0.3, 0.4) is 0 Å². The quantitative estimate of drug-likeness (QED) is 0.453. The predicted molar refractivity (Wildman–Crippen MR) is 142 cm³/mol. The Hall–Kier alpha value is -2.91. The number of aliphatic hydroxyl groups excluding tert-OH is 1. The standard InChI is InChI=1S/C29H39N3O6/c1-3-4-12-31-16-17-14-24-22(21-6-5-7-23(31)25(17)21)13-18(15-30(24)2)27(34)32(26(28(35)36)29(37)38)19-8-10-20(33)11-9-19/h5-7,16,18-20,22,24,26,33H,3-4,8-15H2,1-2H3,(H,35,36)(H,37,38)/t18-,19?,20?,22?,24-/m1/s1. The normalized spacial score (nSPS) is 27.3. The van der Waals surface area contributed by atoms with Crippen molar-refractivity contribution in [3.63, 3.8) is 0 Å². The van der Waals surface area contributed by atoms with E-state index in [-0.39, 0.29) is 12.0 Å². The summed E-state index contributed by atoms with van der Waals surface area (Å²) in [5.74, 6) is -3.86. The average molecular weight is 526 g/mol. The molecular formula is C29H39N3O6. The molecule has 5 rings (SSSR count). The van der Waals surface area contributed by atoms with Gasteiger partial charge in [-0.25, -0.2) is 9.59 Å². The zero-order valence-electron chi connectivity index (χ0n) is 22.3. The van der Waals surface area contributed by atoms with Crippen LogP contribution in [-0.2, 0) is 27.3 Å². The van der Waals surface area contributed by atoms with Gasteiger partial charge in [-0.3, -0.25) is 4.79 Å². The minimum absolute atomic E-state index is 0.101. The number of carbonyl (C=O) groups excluding carboxylic acids is 1. The maximum absolute atomic E-state index is 14.1. The van der Waals surface area contributed by atoms with Crippen LogP contribution >= 0.6 is 0 Å². The maximum Gasteiger partial charge on any atom is 0.338 e. The lowest BCUT2D eigenvalue weighted by Gasteiger charge is -2.47. The molecule has 1 unspecified atom stereocenters. The second kappa shape index (κ2) is 10.7. The van der Waals surface area contributed by atoms with E-state index in [9.17, 15) is 29.7 Å². The Morgan fingerprint density at radius 2 is 1.82 bits per heavy atom. The highest BCUT2D eigenvalue weighted by Gasteiger charge is 2.47. The van der Waals surface area contributed by atoms with Gasteiger partial charge >= 0.3 is 11.9 Å². The molecule has 1 aliphatic heterocycles. The summed E-state index contributed by atoms with van der Waals surface area (Å²) in [6.07, 6.45) is 7.12. The molecule has 3 N–H and O–H groups in total. The van der Waals surface area contributed by atoms with Gasteiger partial charge in [0.1, 0.15) is 0 Å². The zero-order chi connectivity index (χ0) is 27.1. The summed E-state index contributed by atoms with van der Waals surface area (Å²) in [5.41, 5.74) is 3.79. The molecule has 9 heteroatoms. The van der Waals surface area contributed by atoms with E-state index < -0.39 is 42.0 Å². The number of aromatic nitrogens is 1. The summed E-state index contributed by atoms with van der Waals surface area (Å²) in [4.78, 5) is 41.6. The fraction of sp³-hybridized carbons (Fsp3) is 0.621. The van der Waals surface area contributed by atoms with Gasteiger partial charge in [-0.15, -0.1) is 0 Å². The number of carbonyl (C=O) groups is 3. The molecule has 38 heavy (non-hydrogen) atoms. The van der Waals surface area contributed by atoms with Crippen LogP contribution in [0, 0.1) is 5.92 Å². The molecule has 1 amide bonds. The summed E-state index contributed by atoms with van der Waals surface area (Å²) < 4.78 is 2.35. The van der Waals surface area contributed by atoms with Crippen LogP contribution in [0.15, 0.2) is 24.4 Å². The fourth-order valence-electron chi connectivity index (χ4n) is 7.22. The molecule has 1 saturated carbocycles. The molecule has 3 atom stereocenters. The third-order valence-corrected chi connectivity index (χ3v) is 9.08. The van der Waals surface area contributed by atoms with Crippen molar-refractivity contribution >= 4 is 28.7 Å². The van der Waals surface area contributed by atoms with Gasteiger partial charge in [-0.2, -0.15) is 0 Å². The molecule has 1 aromatic heterocycles. The lowest BCUT2D eigenvalue weighted by molar-refractivity contribution is -0.167. The Morgan fingerprint density at radius 1 is 1.11 bits per heavy atom. The first-order valence-electron chi connectivity index (χ1n) is 14.0. The largest absolute Gasteiger partial charge is 0.479 e. The van der Waals surface area contributed by atoms with Gasteiger partial charge in [0.2, 0.25) is 11.9 Å². The van der Waals surface area contributed by atoms with E-state index in [0.29, 0.717) is 38.6 Å². The van der Waals surface area contributed by atoms with Crippen molar-refractivity contribution in [2.45, 2.75) is 95.0 Å². The molecule has 1 saturated heterocycles. The molecule has 2 aliphatic carbocycles. The molecule has 9 nitrogen and oxygen atoms in total. The van der Waals surface area contributed by atoms with Gasteiger partial charge in [0.15, 0.2) is 0 Å². The maximum atomic E-state index is 14.1. The first-order chi connectivity index (χ1) is 18.2. The number of aliphatic carboxylic acids is 2. The van der Waals surface area contributed by atoms with Crippen LogP contribution in [-0.4, -0.2) is 85.4 Å². The van der Waals surface area contributed by atoms with Gasteiger partial charge in [-0.05, 0) is 69.2 Å². The predicted octanol–water partition coefficient (Wildman–Crippen LogP) is 3.07. The highest BCUT2D eigenvalue weighted by Crippen LogP contribution is 2.45.